The number of carbonyl (C=O) groups is 1. The Balaban J connectivity index is 1.78. The van der Waals surface area contributed by atoms with Gasteiger partial charge in [-0.25, -0.2) is 4.79 Å². The molecule has 1 heterocycles. The van der Waals surface area contributed by atoms with Crippen LogP contribution in [0.3, 0.4) is 0 Å². The third-order valence-electron chi connectivity index (χ3n) is 5.70. The molecule has 1 aromatic heterocycles. The predicted octanol–water partition coefficient (Wildman–Crippen LogP) is 3.02. The fraction of sp³-hybridized carbons (Fsp3) is 0.800. The topological polar surface area (TPSA) is 76.2 Å². The Hall–Kier alpha value is -1.39. The first-order valence-corrected chi connectivity index (χ1v) is 7.39. The van der Waals surface area contributed by atoms with E-state index in [9.17, 15) is 4.79 Å². The van der Waals surface area contributed by atoms with Crippen molar-refractivity contribution in [2.24, 2.45) is 16.7 Å². The molecule has 4 aliphatic rings. The molecule has 5 heteroatoms. The molecule has 4 aliphatic carbocycles. The van der Waals surface area contributed by atoms with E-state index in [0.29, 0.717) is 16.7 Å². The van der Waals surface area contributed by atoms with Gasteiger partial charge in [0.1, 0.15) is 0 Å². The van der Waals surface area contributed by atoms with Crippen LogP contribution in [0, 0.1) is 16.7 Å². The first kappa shape index (κ1) is 12.4. The number of hydrogen-bond donors (Lipinski definition) is 1. The van der Waals surface area contributed by atoms with Gasteiger partial charge >= 0.3 is 5.97 Å². The first-order valence-electron chi connectivity index (χ1n) is 7.39. The van der Waals surface area contributed by atoms with Gasteiger partial charge in [0.25, 0.3) is 5.82 Å². The molecule has 2 unspecified atom stereocenters. The molecule has 0 aromatic carbocycles. The van der Waals surface area contributed by atoms with E-state index in [2.05, 4.69) is 24.0 Å². The number of nitrogens with zero attached hydrogens (tertiary/aromatic N) is 2. The third-order valence-corrected chi connectivity index (χ3v) is 5.70. The summed E-state index contributed by atoms with van der Waals surface area (Å²) in [5, 5.41) is 12.6. The number of aromatic carboxylic acids is 1. The van der Waals surface area contributed by atoms with Crippen LogP contribution in [-0.2, 0) is 5.41 Å². The smallest absolute Gasteiger partial charge is 0.377 e. The van der Waals surface area contributed by atoms with E-state index in [1.807, 2.05) is 0 Å². The lowest BCUT2D eigenvalue weighted by molar-refractivity contribution is -0.118. The quantitative estimate of drug-likeness (QED) is 0.898. The van der Waals surface area contributed by atoms with Gasteiger partial charge in [0.15, 0.2) is 0 Å². The molecule has 1 aromatic rings. The maximum atomic E-state index is 11.0. The van der Waals surface area contributed by atoms with Crippen LogP contribution in [0.15, 0.2) is 4.52 Å². The maximum Gasteiger partial charge on any atom is 0.377 e. The highest BCUT2D eigenvalue weighted by Crippen LogP contribution is 2.69. The number of rotatable bonds is 2. The van der Waals surface area contributed by atoms with Crippen molar-refractivity contribution in [1.29, 1.82) is 0 Å². The lowest BCUT2D eigenvalue weighted by atomic mass is 9.40. The minimum atomic E-state index is -1.11. The zero-order valence-electron chi connectivity index (χ0n) is 12.0. The van der Waals surface area contributed by atoms with Gasteiger partial charge in [-0.05, 0) is 60.4 Å². The summed E-state index contributed by atoms with van der Waals surface area (Å²) in [6, 6.07) is 0. The molecule has 0 radical (unpaired) electrons. The highest BCUT2D eigenvalue weighted by molar-refractivity contribution is 5.82. The lowest BCUT2D eigenvalue weighted by Crippen LogP contribution is -2.57. The minimum Gasteiger partial charge on any atom is -0.475 e. The van der Waals surface area contributed by atoms with E-state index in [0.717, 1.165) is 25.2 Å². The van der Waals surface area contributed by atoms with Crippen molar-refractivity contribution in [3.8, 4) is 0 Å². The van der Waals surface area contributed by atoms with Gasteiger partial charge in [0.05, 0.1) is 5.41 Å². The number of carboxylic acids is 1. The molecule has 0 aliphatic heterocycles. The Bertz CT molecular complexity index is 576. The van der Waals surface area contributed by atoms with Gasteiger partial charge in [-0.2, -0.15) is 4.98 Å². The summed E-state index contributed by atoms with van der Waals surface area (Å²) >= 11 is 0. The zero-order valence-corrected chi connectivity index (χ0v) is 12.0. The molecule has 4 fully saturated rings. The summed E-state index contributed by atoms with van der Waals surface area (Å²) in [6.07, 6.45) is 7.08. The number of hydrogen-bond acceptors (Lipinski definition) is 4. The minimum absolute atomic E-state index is 0.0797. The van der Waals surface area contributed by atoms with Gasteiger partial charge in [0.2, 0.25) is 5.89 Å². The Labute approximate surface area is 117 Å². The van der Waals surface area contributed by atoms with E-state index < -0.39 is 5.97 Å². The van der Waals surface area contributed by atoms with E-state index in [1.54, 1.807) is 0 Å². The largest absolute Gasteiger partial charge is 0.475 e. The van der Waals surface area contributed by atoms with Crippen molar-refractivity contribution in [3.63, 3.8) is 0 Å². The number of aromatic nitrogens is 2. The number of carboxylic acid groups (broad SMARTS) is 1. The average Bonchev–Trinajstić information content (AvgIpc) is 2.72. The van der Waals surface area contributed by atoms with Gasteiger partial charge in [-0.1, -0.05) is 13.8 Å². The van der Waals surface area contributed by atoms with Crippen molar-refractivity contribution in [3.05, 3.63) is 11.7 Å². The molecule has 5 rings (SSSR count). The van der Waals surface area contributed by atoms with E-state index >= 15 is 0 Å². The zero-order chi connectivity index (χ0) is 14.2. The standard InChI is InChI=1S/C15H20N2O3/c1-13-3-9-4-14(2,6-13)8-15(5-9,7-13)12-16-10(11(18)19)17-20-12/h9H,3-8H2,1-2H3,(H,18,19). The van der Waals surface area contributed by atoms with Crippen molar-refractivity contribution in [2.75, 3.05) is 0 Å². The summed E-state index contributed by atoms with van der Waals surface area (Å²) in [4.78, 5) is 15.2. The Morgan fingerprint density at radius 2 is 1.85 bits per heavy atom. The van der Waals surface area contributed by atoms with Crippen molar-refractivity contribution < 1.29 is 14.4 Å². The fourth-order valence-corrected chi connectivity index (χ4v) is 6.21. The van der Waals surface area contributed by atoms with E-state index in [4.69, 9.17) is 9.63 Å². The first-order chi connectivity index (χ1) is 9.32. The lowest BCUT2D eigenvalue weighted by Gasteiger charge is -2.64. The second-order valence-electron chi connectivity index (χ2n) is 8.14. The molecule has 0 spiro atoms. The SMILES string of the molecule is CC12CC3CC(C)(C1)CC(c1nc(C(=O)O)no1)(C3)C2. The molecule has 4 saturated carbocycles. The summed E-state index contributed by atoms with van der Waals surface area (Å²) in [6.45, 7) is 4.75. The van der Waals surface area contributed by atoms with Gasteiger partial charge in [0, 0.05) is 0 Å². The second-order valence-corrected chi connectivity index (χ2v) is 8.14. The molecule has 4 bridgehead atoms. The predicted molar refractivity (Wildman–Crippen MR) is 70.3 cm³/mol. The van der Waals surface area contributed by atoms with Gasteiger partial charge in [-0.15, -0.1) is 0 Å². The summed E-state index contributed by atoms with van der Waals surface area (Å²) < 4.78 is 5.36. The highest BCUT2D eigenvalue weighted by atomic mass is 16.5. The van der Waals surface area contributed by atoms with Crippen LogP contribution in [0.1, 0.15) is 68.9 Å². The normalized spacial score (nSPS) is 45.8. The Morgan fingerprint density at radius 1 is 1.20 bits per heavy atom. The molecular weight excluding hydrogens is 256 g/mol. The van der Waals surface area contributed by atoms with Gasteiger partial charge < -0.3 is 9.63 Å². The summed E-state index contributed by atoms with van der Waals surface area (Å²) in [5.41, 5.74) is 0.627. The van der Waals surface area contributed by atoms with Crippen LogP contribution in [0.5, 0.6) is 0 Å². The highest BCUT2D eigenvalue weighted by Gasteiger charge is 2.62. The van der Waals surface area contributed by atoms with Crippen LogP contribution in [0.25, 0.3) is 0 Å². The summed E-state index contributed by atoms with van der Waals surface area (Å²) in [7, 11) is 0. The van der Waals surface area contributed by atoms with E-state index in [-0.39, 0.29) is 11.2 Å². The molecule has 20 heavy (non-hydrogen) atoms. The molecule has 1 N–H and O–H groups in total. The molecule has 5 nitrogen and oxygen atoms in total. The van der Waals surface area contributed by atoms with Crippen molar-refractivity contribution in [2.45, 2.75) is 57.8 Å². The Morgan fingerprint density at radius 3 is 2.35 bits per heavy atom. The molecular formula is C15H20N2O3. The average molecular weight is 276 g/mol. The van der Waals surface area contributed by atoms with Crippen molar-refractivity contribution in [1.82, 2.24) is 10.1 Å². The van der Waals surface area contributed by atoms with Crippen LogP contribution >= 0.6 is 0 Å². The summed E-state index contributed by atoms with van der Waals surface area (Å²) in [5.74, 6) is -0.0221. The molecule has 108 valence electrons. The van der Waals surface area contributed by atoms with Crippen LogP contribution in [0.2, 0.25) is 0 Å². The third kappa shape index (κ3) is 1.58. The van der Waals surface area contributed by atoms with Crippen molar-refractivity contribution >= 4 is 5.97 Å². The molecule has 2 atom stereocenters. The van der Waals surface area contributed by atoms with E-state index in [1.165, 1.54) is 19.3 Å². The monoisotopic (exact) mass is 276 g/mol. The maximum absolute atomic E-state index is 11.0. The van der Waals surface area contributed by atoms with Crippen LogP contribution in [0.4, 0.5) is 0 Å². The van der Waals surface area contributed by atoms with Crippen LogP contribution < -0.4 is 0 Å². The second kappa shape index (κ2) is 3.43. The fourth-order valence-electron chi connectivity index (χ4n) is 6.21. The Kier molecular flexibility index (Phi) is 2.12. The molecule has 0 amide bonds. The van der Waals surface area contributed by atoms with Crippen LogP contribution in [-0.4, -0.2) is 21.2 Å². The van der Waals surface area contributed by atoms with Gasteiger partial charge in [-0.3, -0.25) is 0 Å². The molecule has 0 saturated heterocycles.